The fourth-order valence-corrected chi connectivity index (χ4v) is 2.99. The summed E-state index contributed by atoms with van der Waals surface area (Å²) >= 11 is 4.75. The van der Waals surface area contributed by atoms with Crippen LogP contribution in [0.4, 0.5) is 5.00 Å². The van der Waals surface area contributed by atoms with Crippen LogP contribution in [-0.2, 0) is 0 Å². The molecule has 2 rings (SSSR count). The number of nitrogen functional groups attached to an aromatic ring is 1. The van der Waals surface area contributed by atoms with Crippen molar-refractivity contribution in [3.05, 3.63) is 22.7 Å². The third-order valence-corrected chi connectivity index (χ3v) is 4.07. The first kappa shape index (κ1) is 9.98. The third kappa shape index (κ3) is 1.54. The zero-order chi connectivity index (χ0) is 10.3. The zero-order valence-corrected chi connectivity index (χ0v) is 9.47. The van der Waals surface area contributed by atoms with E-state index in [4.69, 9.17) is 15.8 Å². The number of thiophene rings is 1. The molecule has 0 aliphatic carbocycles. The molecule has 2 aromatic rings. The summed E-state index contributed by atoms with van der Waals surface area (Å²) in [4.78, 5) is 0. The van der Waals surface area contributed by atoms with Crippen LogP contribution in [0.15, 0.2) is 22.7 Å². The molecule has 1 aromatic heterocycles. The van der Waals surface area contributed by atoms with Gasteiger partial charge in [0, 0.05) is 4.47 Å². The molecule has 0 aliphatic rings. The minimum Gasteiger partial charge on any atom is -0.423 e. The summed E-state index contributed by atoms with van der Waals surface area (Å²) in [5.74, 6) is 0. The first-order valence-electron chi connectivity index (χ1n) is 3.93. The number of fused-ring (bicyclic) bond motifs is 1. The van der Waals surface area contributed by atoms with E-state index < -0.39 is 7.12 Å². The van der Waals surface area contributed by atoms with Crippen LogP contribution >= 0.6 is 27.3 Å². The Kier molecular flexibility index (Phi) is 2.53. The maximum atomic E-state index is 9.07. The summed E-state index contributed by atoms with van der Waals surface area (Å²) in [7, 11) is -1.46. The Labute approximate surface area is 93.4 Å². The van der Waals surface area contributed by atoms with Gasteiger partial charge in [-0.2, -0.15) is 0 Å². The molecule has 1 aromatic carbocycles. The van der Waals surface area contributed by atoms with E-state index in [2.05, 4.69) is 15.9 Å². The minimum absolute atomic E-state index is 0.458. The molecule has 0 radical (unpaired) electrons. The molecule has 72 valence electrons. The highest BCUT2D eigenvalue weighted by molar-refractivity contribution is 9.10. The third-order valence-electron chi connectivity index (χ3n) is 1.95. The lowest BCUT2D eigenvalue weighted by Crippen LogP contribution is -2.30. The van der Waals surface area contributed by atoms with Crippen LogP contribution in [0.5, 0.6) is 0 Å². The van der Waals surface area contributed by atoms with Crippen LogP contribution in [-0.4, -0.2) is 17.2 Å². The average molecular weight is 272 g/mol. The second-order valence-electron chi connectivity index (χ2n) is 2.91. The largest absolute Gasteiger partial charge is 0.489 e. The van der Waals surface area contributed by atoms with Crippen molar-refractivity contribution in [1.82, 2.24) is 0 Å². The summed E-state index contributed by atoms with van der Waals surface area (Å²) in [5.41, 5.74) is 6.12. The Morgan fingerprint density at radius 2 is 2.07 bits per heavy atom. The van der Waals surface area contributed by atoms with Crippen LogP contribution in [0.1, 0.15) is 0 Å². The van der Waals surface area contributed by atoms with Gasteiger partial charge in [0.15, 0.2) is 0 Å². The van der Waals surface area contributed by atoms with Crippen molar-refractivity contribution in [1.29, 1.82) is 0 Å². The first-order chi connectivity index (χ1) is 6.59. The highest BCUT2D eigenvalue weighted by Crippen LogP contribution is 2.32. The predicted octanol–water partition coefficient (Wildman–Crippen LogP) is 0.926. The van der Waals surface area contributed by atoms with Crippen molar-refractivity contribution in [2.75, 3.05) is 5.73 Å². The quantitative estimate of drug-likeness (QED) is 0.676. The van der Waals surface area contributed by atoms with Gasteiger partial charge in [-0.15, -0.1) is 11.3 Å². The summed E-state index contributed by atoms with van der Waals surface area (Å²) in [6.45, 7) is 0. The molecule has 0 bridgehead atoms. The number of halogens is 1. The van der Waals surface area contributed by atoms with E-state index in [0.717, 1.165) is 10.1 Å². The maximum absolute atomic E-state index is 9.07. The van der Waals surface area contributed by atoms with Gasteiger partial charge in [0.2, 0.25) is 0 Å². The molecular formula is C8H7BBrNO2S. The molecular weight excluding hydrogens is 265 g/mol. The Hall–Kier alpha value is -0.555. The smallest absolute Gasteiger partial charge is 0.423 e. The molecule has 3 nitrogen and oxygen atoms in total. The van der Waals surface area contributed by atoms with E-state index in [1.165, 1.54) is 11.3 Å². The Balaban J connectivity index is 2.74. The lowest BCUT2D eigenvalue weighted by Gasteiger charge is -2.02. The zero-order valence-electron chi connectivity index (χ0n) is 7.07. The Morgan fingerprint density at radius 1 is 1.36 bits per heavy atom. The average Bonchev–Trinajstić information content (AvgIpc) is 2.46. The number of nitrogens with two attached hydrogens (primary N) is 1. The second kappa shape index (κ2) is 3.54. The predicted molar refractivity (Wildman–Crippen MR) is 63.8 cm³/mol. The van der Waals surface area contributed by atoms with Gasteiger partial charge < -0.3 is 15.8 Å². The highest BCUT2D eigenvalue weighted by Gasteiger charge is 2.17. The van der Waals surface area contributed by atoms with E-state index in [0.29, 0.717) is 14.9 Å². The summed E-state index contributed by atoms with van der Waals surface area (Å²) in [6.07, 6.45) is 0. The second-order valence-corrected chi connectivity index (χ2v) is 4.79. The lowest BCUT2D eigenvalue weighted by atomic mass is 9.80. The molecule has 4 N–H and O–H groups in total. The van der Waals surface area contributed by atoms with Crippen molar-refractivity contribution in [3.8, 4) is 0 Å². The molecule has 6 heteroatoms. The van der Waals surface area contributed by atoms with Crippen molar-refractivity contribution in [2.45, 2.75) is 0 Å². The standard InChI is InChI=1S/C8H7BBrNO2S/c10-7-5(9(12)13)2-1-4-3-6(11)14-8(4)7/h1-3,12-13H,11H2. The normalized spacial score (nSPS) is 10.8. The van der Waals surface area contributed by atoms with Gasteiger partial charge in [0.1, 0.15) is 0 Å². The molecule has 0 fully saturated rings. The Bertz CT molecular complexity index is 485. The highest BCUT2D eigenvalue weighted by atomic mass is 79.9. The van der Waals surface area contributed by atoms with Crippen LogP contribution in [0.3, 0.4) is 0 Å². The van der Waals surface area contributed by atoms with Crippen LogP contribution < -0.4 is 11.2 Å². The number of rotatable bonds is 1. The van der Waals surface area contributed by atoms with Gasteiger partial charge in [-0.3, -0.25) is 0 Å². The van der Waals surface area contributed by atoms with E-state index in [1.54, 1.807) is 6.07 Å². The van der Waals surface area contributed by atoms with Gasteiger partial charge in [0.05, 0.1) is 9.70 Å². The maximum Gasteiger partial charge on any atom is 0.489 e. The van der Waals surface area contributed by atoms with Crippen molar-refractivity contribution in [2.24, 2.45) is 0 Å². The van der Waals surface area contributed by atoms with Gasteiger partial charge in [-0.1, -0.05) is 12.1 Å². The molecule has 1 heterocycles. The van der Waals surface area contributed by atoms with E-state index in [-0.39, 0.29) is 0 Å². The van der Waals surface area contributed by atoms with Gasteiger partial charge in [-0.25, -0.2) is 0 Å². The topological polar surface area (TPSA) is 66.5 Å². The van der Waals surface area contributed by atoms with Gasteiger partial charge in [-0.05, 0) is 32.8 Å². The SMILES string of the molecule is Nc1cc2ccc(B(O)O)c(Br)c2s1. The summed E-state index contributed by atoms with van der Waals surface area (Å²) in [5, 5.41) is 19.9. The number of benzene rings is 1. The fourth-order valence-electron chi connectivity index (χ4n) is 1.30. The molecule has 0 spiro atoms. The van der Waals surface area contributed by atoms with Gasteiger partial charge >= 0.3 is 7.12 Å². The molecule has 0 unspecified atom stereocenters. The van der Waals surface area contributed by atoms with Crippen LogP contribution in [0.2, 0.25) is 0 Å². The van der Waals surface area contributed by atoms with E-state index in [1.807, 2.05) is 12.1 Å². The van der Waals surface area contributed by atoms with Crippen LogP contribution in [0, 0.1) is 0 Å². The summed E-state index contributed by atoms with van der Waals surface area (Å²) < 4.78 is 1.64. The van der Waals surface area contributed by atoms with Crippen LogP contribution in [0.25, 0.3) is 10.1 Å². The Morgan fingerprint density at radius 3 is 2.71 bits per heavy atom. The monoisotopic (exact) mass is 271 g/mol. The molecule has 0 atom stereocenters. The molecule has 14 heavy (non-hydrogen) atoms. The lowest BCUT2D eigenvalue weighted by molar-refractivity contribution is 0.425. The van der Waals surface area contributed by atoms with Crippen molar-refractivity contribution < 1.29 is 10.0 Å². The molecule has 0 saturated heterocycles. The number of anilines is 1. The van der Waals surface area contributed by atoms with E-state index in [9.17, 15) is 0 Å². The van der Waals surface area contributed by atoms with Crippen molar-refractivity contribution in [3.63, 3.8) is 0 Å². The molecule has 0 saturated carbocycles. The van der Waals surface area contributed by atoms with Crippen molar-refractivity contribution >= 4 is 54.9 Å². The molecule has 0 aliphatic heterocycles. The summed E-state index contributed by atoms with van der Waals surface area (Å²) in [6, 6.07) is 5.35. The van der Waals surface area contributed by atoms with E-state index >= 15 is 0 Å². The van der Waals surface area contributed by atoms with Gasteiger partial charge in [0.25, 0.3) is 0 Å². The minimum atomic E-state index is -1.46. The molecule has 0 amide bonds. The number of hydrogen-bond acceptors (Lipinski definition) is 4. The fraction of sp³-hybridized carbons (Fsp3) is 0. The number of hydrogen-bond donors (Lipinski definition) is 3. The first-order valence-corrected chi connectivity index (χ1v) is 5.54.